The average molecular weight is 327 g/mol. The minimum absolute atomic E-state index is 0.721. The lowest BCUT2D eigenvalue weighted by Crippen LogP contribution is -2.13. The molecule has 0 saturated carbocycles. The van der Waals surface area contributed by atoms with Gasteiger partial charge in [-0.2, -0.15) is 10.2 Å². The van der Waals surface area contributed by atoms with Crippen molar-refractivity contribution in [3.05, 3.63) is 33.8 Å². The molecule has 0 radical (unpaired) electrons. The summed E-state index contributed by atoms with van der Waals surface area (Å²) in [5.74, 6) is 0. The van der Waals surface area contributed by atoms with E-state index in [9.17, 15) is 5.11 Å². The summed E-state index contributed by atoms with van der Waals surface area (Å²) >= 11 is 3.46. The van der Waals surface area contributed by atoms with E-state index in [1.165, 1.54) is 0 Å². The topological polar surface area (TPSA) is 55.9 Å². The molecule has 0 amide bonds. The Morgan fingerprint density at radius 1 is 1.42 bits per heavy atom. The second-order valence-corrected chi connectivity index (χ2v) is 5.40. The molecule has 6 heteroatoms. The molecule has 0 spiro atoms. The van der Waals surface area contributed by atoms with Crippen LogP contribution in [-0.4, -0.2) is 24.7 Å². The summed E-state index contributed by atoms with van der Waals surface area (Å²) in [5.41, 5.74) is 2.55. The minimum atomic E-state index is -0.721. The number of aliphatic hydroxyl groups excluding tert-OH is 1. The summed E-state index contributed by atoms with van der Waals surface area (Å²) in [6.45, 7) is 4.93. The number of aryl methyl sites for hydroxylation is 3. The monoisotopic (exact) mass is 326 g/mol. The molecule has 19 heavy (non-hydrogen) atoms. The molecule has 2 aromatic heterocycles. The van der Waals surface area contributed by atoms with E-state index in [0.29, 0.717) is 0 Å². The summed E-state index contributed by atoms with van der Waals surface area (Å²) in [6, 6.07) is 1.94. The van der Waals surface area contributed by atoms with Crippen LogP contribution in [-0.2, 0) is 20.0 Å². The van der Waals surface area contributed by atoms with E-state index in [-0.39, 0.29) is 0 Å². The first-order valence-electron chi connectivity index (χ1n) is 6.50. The van der Waals surface area contributed by atoms with Crippen molar-refractivity contribution in [3.63, 3.8) is 0 Å². The van der Waals surface area contributed by atoms with E-state index in [0.717, 1.165) is 40.9 Å². The van der Waals surface area contributed by atoms with Crippen molar-refractivity contribution in [2.45, 2.75) is 39.3 Å². The van der Waals surface area contributed by atoms with Gasteiger partial charge in [0.25, 0.3) is 0 Å². The van der Waals surface area contributed by atoms with E-state index >= 15 is 0 Å². The first-order valence-corrected chi connectivity index (χ1v) is 7.29. The van der Waals surface area contributed by atoms with Crippen molar-refractivity contribution in [3.8, 4) is 0 Å². The third kappa shape index (κ3) is 2.74. The van der Waals surface area contributed by atoms with E-state index in [4.69, 9.17) is 0 Å². The van der Waals surface area contributed by atoms with Crippen LogP contribution in [0.1, 0.15) is 43.5 Å². The Hall–Kier alpha value is -1.14. The standard InChI is InChI=1S/C13H19BrN4O/c1-4-6-18-12(10(14)8-15-18)13(19)11-7-9(5-2)16-17(11)3/h7-8,13,19H,4-6H2,1-3H3. The van der Waals surface area contributed by atoms with Crippen molar-refractivity contribution in [2.24, 2.45) is 7.05 Å². The van der Waals surface area contributed by atoms with Crippen LogP contribution < -0.4 is 0 Å². The summed E-state index contributed by atoms with van der Waals surface area (Å²) < 4.78 is 4.40. The van der Waals surface area contributed by atoms with Gasteiger partial charge < -0.3 is 5.11 Å². The largest absolute Gasteiger partial charge is 0.380 e. The highest BCUT2D eigenvalue weighted by Gasteiger charge is 2.22. The number of hydrogen-bond donors (Lipinski definition) is 1. The highest BCUT2D eigenvalue weighted by atomic mass is 79.9. The van der Waals surface area contributed by atoms with E-state index in [2.05, 4.69) is 40.0 Å². The quantitative estimate of drug-likeness (QED) is 0.918. The number of rotatable bonds is 5. The summed E-state index contributed by atoms with van der Waals surface area (Å²) in [6.07, 6.45) is 2.84. The van der Waals surface area contributed by atoms with Gasteiger partial charge in [-0.1, -0.05) is 13.8 Å². The number of halogens is 1. The van der Waals surface area contributed by atoms with E-state index in [1.54, 1.807) is 10.9 Å². The highest BCUT2D eigenvalue weighted by Crippen LogP contribution is 2.28. The molecule has 0 aromatic carbocycles. The molecular formula is C13H19BrN4O. The minimum Gasteiger partial charge on any atom is -0.380 e. The van der Waals surface area contributed by atoms with Gasteiger partial charge in [0.15, 0.2) is 0 Å². The van der Waals surface area contributed by atoms with Gasteiger partial charge in [0.05, 0.1) is 27.8 Å². The van der Waals surface area contributed by atoms with Crippen LogP contribution in [0.15, 0.2) is 16.7 Å². The van der Waals surface area contributed by atoms with Crippen LogP contribution in [0.3, 0.4) is 0 Å². The lowest BCUT2D eigenvalue weighted by molar-refractivity contribution is 0.196. The second kappa shape index (κ2) is 5.88. The zero-order valence-electron chi connectivity index (χ0n) is 11.5. The number of nitrogens with zero attached hydrogens (tertiary/aromatic N) is 4. The smallest absolute Gasteiger partial charge is 0.138 e. The molecule has 1 N–H and O–H groups in total. The maximum atomic E-state index is 10.6. The van der Waals surface area contributed by atoms with Gasteiger partial charge in [-0.25, -0.2) is 0 Å². The van der Waals surface area contributed by atoms with Crippen molar-refractivity contribution < 1.29 is 5.11 Å². The molecule has 1 atom stereocenters. The molecule has 2 aromatic rings. The molecule has 0 saturated heterocycles. The van der Waals surface area contributed by atoms with Gasteiger partial charge in [-0.15, -0.1) is 0 Å². The Labute approximate surface area is 121 Å². The van der Waals surface area contributed by atoms with Crippen LogP contribution in [0.2, 0.25) is 0 Å². The van der Waals surface area contributed by atoms with Crippen LogP contribution in [0, 0.1) is 0 Å². The molecule has 1 unspecified atom stereocenters. The van der Waals surface area contributed by atoms with Gasteiger partial charge in [0.2, 0.25) is 0 Å². The predicted octanol–water partition coefficient (Wildman–Crippen LogP) is 2.43. The molecule has 5 nitrogen and oxygen atoms in total. The Morgan fingerprint density at radius 2 is 2.16 bits per heavy atom. The SMILES string of the molecule is CCCn1ncc(Br)c1C(O)c1cc(CC)nn1C. The molecule has 0 fully saturated rings. The number of aliphatic hydroxyl groups is 1. The Bertz CT molecular complexity index is 561. The first kappa shape index (κ1) is 14.3. The van der Waals surface area contributed by atoms with Gasteiger partial charge in [0.1, 0.15) is 6.10 Å². The molecule has 0 aliphatic heterocycles. The lowest BCUT2D eigenvalue weighted by Gasteiger charge is -2.14. The third-order valence-corrected chi connectivity index (χ3v) is 3.75. The fraction of sp³-hybridized carbons (Fsp3) is 0.538. The number of hydrogen-bond acceptors (Lipinski definition) is 3. The summed E-state index contributed by atoms with van der Waals surface area (Å²) in [4.78, 5) is 0. The molecule has 0 bridgehead atoms. The predicted molar refractivity (Wildman–Crippen MR) is 76.9 cm³/mol. The Kier molecular flexibility index (Phi) is 4.42. The molecule has 0 aliphatic carbocycles. The van der Waals surface area contributed by atoms with Crippen LogP contribution in [0.5, 0.6) is 0 Å². The Balaban J connectivity index is 2.40. The summed E-state index contributed by atoms with van der Waals surface area (Å²) in [7, 11) is 1.85. The van der Waals surface area contributed by atoms with Crippen molar-refractivity contribution in [1.82, 2.24) is 19.6 Å². The molecular weight excluding hydrogens is 308 g/mol. The van der Waals surface area contributed by atoms with Crippen molar-refractivity contribution in [2.75, 3.05) is 0 Å². The third-order valence-electron chi connectivity index (χ3n) is 3.14. The zero-order chi connectivity index (χ0) is 14.0. The second-order valence-electron chi connectivity index (χ2n) is 4.54. The van der Waals surface area contributed by atoms with E-state index < -0.39 is 6.10 Å². The fourth-order valence-electron chi connectivity index (χ4n) is 2.15. The van der Waals surface area contributed by atoms with Crippen LogP contribution in [0.4, 0.5) is 0 Å². The molecule has 2 rings (SSSR count). The van der Waals surface area contributed by atoms with Crippen LogP contribution in [0.25, 0.3) is 0 Å². The van der Waals surface area contributed by atoms with E-state index in [1.807, 2.05) is 17.8 Å². The van der Waals surface area contributed by atoms with Crippen molar-refractivity contribution in [1.29, 1.82) is 0 Å². The maximum absolute atomic E-state index is 10.6. The maximum Gasteiger partial charge on any atom is 0.138 e. The normalized spacial score (nSPS) is 12.9. The highest BCUT2D eigenvalue weighted by molar-refractivity contribution is 9.10. The lowest BCUT2D eigenvalue weighted by atomic mass is 10.1. The van der Waals surface area contributed by atoms with Gasteiger partial charge in [0, 0.05) is 13.6 Å². The number of aromatic nitrogens is 4. The molecule has 104 valence electrons. The van der Waals surface area contributed by atoms with Gasteiger partial charge in [-0.3, -0.25) is 9.36 Å². The van der Waals surface area contributed by atoms with Gasteiger partial charge >= 0.3 is 0 Å². The zero-order valence-corrected chi connectivity index (χ0v) is 13.1. The fourth-order valence-corrected chi connectivity index (χ4v) is 2.66. The summed E-state index contributed by atoms with van der Waals surface area (Å²) in [5, 5.41) is 19.3. The first-order chi connectivity index (χ1) is 9.08. The van der Waals surface area contributed by atoms with Crippen LogP contribution >= 0.6 is 15.9 Å². The Morgan fingerprint density at radius 3 is 2.74 bits per heavy atom. The average Bonchev–Trinajstić information content (AvgIpc) is 2.93. The molecule has 0 aliphatic rings. The molecule has 2 heterocycles. The van der Waals surface area contributed by atoms with Gasteiger partial charge in [-0.05, 0) is 34.8 Å². The van der Waals surface area contributed by atoms with Crippen molar-refractivity contribution >= 4 is 15.9 Å².